The van der Waals surface area contributed by atoms with Crippen LogP contribution in [0.1, 0.15) is 61.9 Å². The van der Waals surface area contributed by atoms with Gasteiger partial charge in [-0.15, -0.1) is 0 Å². The highest BCUT2D eigenvalue weighted by atomic mass is 19.4. The molecule has 1 atom stereocenters. The molecular formula is C21H27F3N2O3. The molecule has 2 fully saturated rings. The van der Waals surface area contributed by atoms with Crippen LogP contribution < -0.4 is 4.90 Å². The molecule has 0 radical (unpaired) electrons. The van der Waals surface area contributed by atoms with Crippen LogP contribution in [0.4, 0.5) is 19.0 Å². The number of pyridine rings is 1. The lowest BCUT2D eigenvalue weighted by Gasteiger charge is -2.34. The summed E-state index contributed by atoms with van der Waals surface area (Å²) >= 11 is 0. The smallest absolute Gasteiger partial charge is 0.417 e. The summed E-state index contributed by atoms with van der Waals surface area (Å²) < 4.78 is 43.9. The van der Waals surface area contributed by atoms with Crippen LogP contribution >= 0.6 is 0 Å². The molecule has 1 unspecified atom stereocenters. The minimum atomic E-state index is -4.53. The van der Waals surface area contributed by atoms with Crippen molar-refractivity contribution in [1.29, 1.82) is 0 Å². The first-order valence-corrected chi connectivity index (χ1v) is 10.2. The quantitative estimate of drug-likeness (QED) is 0.488. The number of hydrogen-bond donors (Lipinski definition) is 0. The van der Waals surface area contributed by atoms with Crippen LogP contribution in [0, 0.1) is 17.3 Å². The van der Waals surface area contributed by atoms with Gasteiger partial charge in [0.25, 0.3) is 0 Å². The summed E-state index contributed by atoms with van der Waals surface area (Å²) in [6.07, 6.45) is 1.40. The fraction of sp³-hybridized carbons (Fsp3) is 0.667. The molecule has 2 saturated carbocycles. The molecule has 8 heteroatoms. The van der Waals surface area contributed by atoms with Crippen LogP contribution in [-0.4, -0.2) is 36.9 Å². The minimum Gasteiger partial charge on any atom is -0.466 e. The highest BCUT2D eigenvalue weighted by molar-refractivity contribution is 5.83. The van der Waals surface area contributed by atoms with Crippen molar-refractivity contribution < 1.29 is 27.5 Å². The average molecular weight is 412 g/mol. The largest absolute Gasteiger partial charge is 0.466 e. The minimum absolute atomic E-state index is 0.0175. The highest BCUT2D eigenvalue weighted by Gasteiger charge is 2.59. The molecule has 1 heterocycles. The summed E-state index contributed by atoms with van der Waals surface area (Å²) in [5.74, 6) is 0.578. The van der Waals surface area contributed by atoms with Gasteiger partial charge < -0.3 is 9.64 Å². The summed E-state index contributed by atoms with van der Waals surface area (Å²) in [7, 11) is 0. The number of ether oxygens (including phenoxy) is 1. The summed E-state index contributed by atoms with van der Waals surface area (Å²) in [4.78, 5) is 29.2. The maximum Gasteiger partial charge on any atom is 0.417 e. The van der Waals surface area contributed by atoms with Crippen molar-refractivity contribution in [2.24, 2.45) is 17.3 Å². The van der Waals surface area contributed by atoms with Gasteiger partial charge in [-0.25, -0.2) is 4.98 Å². The lowest BCUT2D eigenvalue weighted by atomic mass is 9.78. The third-order valence-corrected chi connectivity index (χ3v) is 6.37. The Morgan fingerprint density at radius 3 is 2.59 bits per heavy atom. The second-order valence-corrected chi connectivity index (χ2v) is 8.11. The van der Waals surface area contributed by atoms with Crippen LogP contribution in [0.2, 0.25) is 0 Å². The number of carbonyl (C=O) groups is 2. The molecular weight excluding hydrogens is 385 g/mol. The maximum atomic E-state index is 12.9. The Morgan fingerprint density at radius 1 is 1.34 bits per heavy atom. The molecule has 5 nitrogen and oxygen atoms in total. The molecule has 3 rings (SSSR count). The van der Waals surface area contributed by atoms with Crippen LogP contribution in [-0.2, 0) is 15.7 Å². The molecule has 2 aliphatic rings. The van der Waals surface area contributed by atoms with E-state index >= 15 is 0 Å². The van der Waals surface area contributed by atoms with Crippen LogP contribution in [0.3, 0.4) is 0 Å². The number of rotatable bonds is 7. The number of alkyl halides is 3. The standard InChI is InChI=1S/C21H27F3N2O3/c1-3-26(18-15(13-27)9-16(11-25-18)21(22,23)24)12-14-5-7-20(8-6-14)10-17(20)19(28)29-4-2/h9,11,13-14,17H,3-8,10,12H2,1-2H3. The van der Waals surface area contributed by atoms with E-state index in [1.165, 1.54) is 0 Å². The molecule has 160 valence electrons. The van der Waals surface area contributed by atoms with Gasteiger partial charge in [-0.2, -0.15) is 13.2 Å². The molecule has 1 aromatic rings. The van der Waals surface area contributed by atoms with Gasteiger partial charge in [-0.05, 0) is 63.4 Å². The van der Waals surface area contributed by atoms with Gasteiger partial charge in [-0.3, -0.25) is 9.59 Å². The zero-order valence-electron chi connectivity index (χ0n) is 16.8. The van der Waals surface area contributed by atoms with Gasteiger partial charge in [0.2, 0.25) is 0 Å². The van der Waals surface area contributed by atoms with Crippen molar-refractivity contribution in [2.45, 2.75) is 52.1 Å². The van der Waals surface area contributed by atoms with Crippen LogP contribution in [0.25, 0.3) is 0 Å². The van der Waals surface area contributed by atoms with Crippen molar-refractivity contribution in [3.05, 3.63) is 23.4 Å². The summed E-state index contributed by atoms with van der Waals surface area (Å²) in [6.45, 7) is 5.29. The Kier molecular flexibility index (Phi) is 6.19. The predicted molar refractivity (Wildman–Crippen MR) is 102 cm³/mol. The number of nitrogens with zero attached hydrogens (tertiary/aromatic N) is 2. The number of carbonyl (C=O) groups excluding carboxylic acids is 2. The number of aromatic nitrogens is 1. The molecule has 29 heavy (non-hydrogen) atoms. The highest BCUT2D eigenvalue weighted by Crippen LogP contribution is 2.62. The van der Waals surface area contributed by atoms with E-state index in [2.05, 4.69) is 4.98 Å². The Labute approximate surface area is 168 Å². The summed E-state index contributed by atoms with van der Waals surface area (Å²) in [5.41, 5.74) is -0.878. The number of halogens is 3. The topological polar surface area (TPSA) is 59.5 Å². The van der Waals surface area contributed by atoms with E-state index in [0.717, 1.165) is 44.4 Å². The first kappa shape index (κ1) is 21.6. The van der Waals surface area contributed by atoms with E-state index in [-0.39, 0.29) is 22.9 Å². The van der Waals surface area contributed by atoms with Gasteiger partial charge in [0.1, 0.15) is 5.82 Å². The predicted octanol–water partition coefficient (Wildman–Crippen LogP) is 4.50. The molecule has 0 saturated heterocycles. The second kappa shape index (κ2) is 8.32. The Morgan fingerprint density at radius 2 is 2.03 bits per heavy atom. The second-order valence-electron chi connectivity index (χ2n) is 8.11. The van der Waals surface area contributed by atoms with E-state index in [9.17, 15) is 22.8 Å². The van der Waals surface area contributed by atoms with Crippen molar-refractivity contribution in [1.82, 2.24) is 4.98 Å². The maximum absolute atomic E-state index is 12.9. The van der Waals surface area contributed by atoms with E-state index in [0.29, 0.717) is 37.7 Å². The van der Waals surface area contributed by atoms with Gasteiger partial charge in [0.05, 0.1) is 23.7 Å². The fourth-order valence-corrected chi connectivity index (χ4v) is 4.57. The third kappa shape index (κ3) is 4.56. The van der Waals surface area contributed by atoms with Crippen molar-refractivity contribution in [3.63, 3.8) is 0 Å². The first-order chi connectivity index (χ1) is 13.7. The molecule has 0 aromatic carbocycles. The Balaban J connectivity index is 1.63. The number of anilines is 1. The Bertz CT molecular complexity index is 758. The summed E-state index contributed by atoms with van der Waals surface area (Å²) in [5, 5.41) is 0. The van der Waals surface area contributed by atoms with Crippen molar-refractivity contribution in [3.8, 4) is 0 Å². The van der Waals surface area contributed by atoms with E-state index in [1.54, 1.807) is 0 Å². The van der Waals surface area contributed by atoms with Crippen molar-refractivity contribution >= 4 is 18.1 Å². The molecule has 2 aliphatic carbocycles. The third-order valence-electron chi connectivity index (χ3n) is 6.37. The zero-order chi connectivity index (χ0) is 21.2. The van der Waals surface area contributed by atoms with E-state index in [1.807, 2.05) is 18.7 Å². The van der Waals surface area contributed by atoms with E-state index < -0.39 is 11.7 Å². The number of esters is 1. The van der Waals surface area contributed by atoms with Gasteiger partial charge in [0.15, 0.2) is 6.29 Å². The van der Waals surface area contributed by atoms with Gasteiger partial charge in [0, 0.05) is 19.3 Å². The lowest BCUT2D eigenvalue weighted by Crippen LogP contribution is -2.33. The number of aldehydes is 1. The van der Waals surface area contributed by atoms with Crippen LogP contribution in [0.15, 0.2) is 12.3 Å². The molecule has 1 aromatic heterocycles. The van der Waals surface area contributed by atoms with E-state index in [4.69, 9.17) is 4.74 Å². The zero-order valence-corrected chi connectivity index (χ0v) is 16.8. The summed E-state index contributed by atoms with van der Waals surface area (Å²) in [6, 6.07) is 0.863. The normalized spacial score (nSPS) is 26.2. The fourth-order valence-electron chi connectivity index (χ4n) is 4.57. The van der Waals surface area contributed by atoms with Gasteiger partial charge >= 0.3 is 12.1 Å². The number of hydrogen-bond acceptors (Lipinski definition) is 5. The molecule has 0 amide bonds. The average Bonchev–Trinajstić information content (AvgIpc) is 3.40. The Hall–Kier alpha value is -2.12. The molecule has 0 bridgehead atoms. The lowest BCUT2D eigenvalue weighted by molar-refractivity contribution is -0.146. The van der Waals surface area contributed by atoms with Crippen molar-refractivity contribution in [2.75, 3.05) is 24.6 Å². The van der Waals surface area contributed by atoms with Crippen LogP contribution in [0.5, 0.6) is 0 Å². The van der Waals surface area contributed by atoms with Gasteiger partial charge in [-0.1, -0.05) is 0 Å². The first-order valence-electron chi connectivity index (χ1n) is 10.2. The molecule has 0 N–H and O–H groups in total. The molecule has 1 spiro atoms. The monoisotopic (exact) mass is 412 g/mol. The SMILES string of the molecule is CCOC(=O)C1CC12CCC(CN(CC)c1ncc(C(F)(F)F)cc1C=O)CC2. The molecule has 0 aliphatic heterocycles.